The normalized spacial score (nSPS) is 17.3. The molecule has 0 spiro atoms. The lowest BCUT2D eigenvalue weighted by Crippen LogP contribution is -2.44. The van der Waals surface area contributed by atoms with Crippen molar-refractivity contribution in [3.05, 3.63) is 59.2 Å². The van der Waals surface area contributed by atoms with Crippen LogP contribution >= 0.6 is 0 Å². The summed E-state index contributed by atoms with van der Waals surface area (Å²) in [7, 11) is 0. The van der Waals surface area contributed by atoms with Crippen LogP contribution in [0.1, 0.15) is 59.9 Å². The van der Waals surface area contributed by atoms with Crippen molar-refractivity contribution in [2.75, 3.05) is 37.7 Å². The van der Waals surface area contributed by atoms with Gasteiger partial charge in [0.1, 0.15) is 23.6 Å². The number of carbonyl (C=O) groups is 3. The third-order valence-electron chi connectivity index (χ3n) is 7.12. The summed E-state index contributed by atoms with van der Waals surface area (Å²) < 4.78 is 95.8. The lowest BCUT2D eigenvalue weighted by Gasteiger charge is -2.27. The minimum absolute atomic E-state index is 0.0434. The maximum absolute atomic E-state index is 13.5. The second-order valence-corrected chi connectivity index (χ2v) is 13.6. The number of benzene rings is 1. The SMILES string of the molecule is CC(C)(C)OC(=O)CCN(CC(=O)OC(C)(C)C)CC(=O)N1CCc2cc(OC/C=C/C3=C(C(F)(F)F)CC(C(F)(F)F)C=C3)ccc21. The fourth-order valence-electron chi connectivity index (χ4n) is 5.12. The zero-order chi connectivity index (χ0) is 36.1. The molecule has 48 heavy (non-hydrogen) atoms. The third kappa shape index (κ3) is 12.0. The second-order valence-electron chi connectivity index (χ2n) is 13.6. The van der Waals surface area contributed by atoms with Crippen LogP contribution in [-0.4, -0.2) is 79.1 Å². The molecule has 1 atom stereocenters. The summed E-state index contributed by atoms with van der Waals surface area (Å²) in [5.74, 6) is -3.14. The molecule has 0 aromatic heterocycles. The molecule has 14 heteroatoms. The van der Waals surface area contributed by atoms with Gasteiger partial charge < -0.3 is 19.1 Å². The van der Waals surface area contributed by atoms with E-state index >= 15 is 0 Å². The second kappa shape index (κ2) is 15.2. The van der Waals surface area contributed by atoms with Gasteiger partial charge in [-0.25, -0.2) is 0 Å². The van der Waals surface area contributed by atoms with Crippen LogP contribution in [0.2, 0.25) is 0 Å². The number of rotatable bonds is 11. The van der Waals surface area contributed by atoms with E-state index in [9.17, 15) is 40.7 Å². The van der Waals surface area contributed by atoms with Crippen molar-refractivity contribution < 1.29 is 54.9 Å². The number of alkyl halides is 6. The average Bonchev–Trinajstić information content (AvgIpc) is 3.34. The molecule has 1 heterocycles. The standard InChI is InChI=1S/C34H42F6N2O6/c1-31(2,3)47-29(44)14-15-41(21-30(45)48-32(4,5)6)20-28(43)42-16-13-23-18-25(11-12-27(23)42)46-17-7-8-22-9-10-24(33(35,36)37)19-26(22)34(38,39)40/h7-12,18,24H,13-17,19-21H2,1-6H3/b8-7+. The van der Waals surface area contributed by atoms with E-state index < -0.39 is 53.4 Å². The van der Waals surface area contributed by atoms with Crippen LogP contribution in [0.5, 0.6) is 5.75 Å². The van der Waals surface area contributed by atoms with Crippen molar-refractivity contribution in [3.63, 3.8) is 0 Å². The van der Waals surface area contributed by atoms with Crippen LogP contribution in [0.4, 0.5) is 32.0 Å². The lowest BCUT2D eigenvalue weighted by atomic mass is 9.88. The summed E-state index contributed by atoms with van der Waals surface area (Å²) in [5, 5.41) is 0. The fraction of sp³-hybridized carbons (Fsp3) is 0.559. The molecule has 266 valence electrons. The first-order valence-corrected chi connectivity index (χ1v) is 15.5. The molecule has 1 aromatic carbocycles. The van der Waals surface area contributed by atoms with E-state index in [1.54, 1.807) is 64.6 Å². The minimum atomic E-state index is -4.91. The van der Waals surface area contributed by atoms with Gasteiger partial charge in [-0.2, -0.15) is 26.3 Å². The van der Waals surface area contributed by atoms with E-state index in [1.807, 2.05) is 0 Å². The molecule has 0 N–H and O–H groups in total. The lowest BCUT2D eigenvalue weighted by molar-refractivity contribution is -0.166. The number of fused-ring (bicyclic) bond motifs is 1. The third-order valence-corrected chi connectivity index (χ3v) is 7.12. The predicted octanol–water partition coefficient (Wildman–Crippen LogP) is 6.88. The summed E-state index contributed by atoms with van der Waals surface area (Å²) >= 11 is 0. The zero-order valence-corrected chi connectivity index (χ0v) is 27.9. The fourth-order valence-corrected chi connectivity index (χ4v) is 5.12. The number of hydrogen-bond acceptors (Lipinski definition) is 7. The minimum Gasteiger partial charge on any atom is -0.490 e. The highest BCUT2D eigenvalue weighted by molar-refractivity contribution is 5.97. The molecular formula is C34H42F6N2O6. The quantitative estimate of drug-likeness (QED) is 0.185. The number of allylic oxidation sites excluding steroid dienone is 5. The largest absolute Gasteiger partial charge is 0.490 e. The van der Waals surface area contributed by atoms with Gasteiger partial charge in [-0.1, -0.05) is 18.2 Å². The van der Waals surface area contributed by atoms with Crippen LogP contribution in [0.3, 0.4) is 0 Å². The van der Waals surface area contributed by atoms with Crippen molar-refractivity contribution in [2.24, 2.45) is 5.92 Å². The molecule has 0 saturated heterocycles. The summed E-state index contributed by atoms with van der Waals surface area (Å²) in [6, 6.07) is 4.96. The van der Waals surface area contributed by atoms with Crippen LogP contribution < -0.4 is 9.64 Å². The molecule has 0 fully saturated rings. The van der Waals surface area contributed by atoms with Gasteiger partial charge in [0.25, 0.3) is 0 Å². The topological polar surface area (TPSA) is 85.4 Å². The predicted molar refractivity (Wildman–Crippen MR) is 166 cm³/mol. The molecule has 8 nitrogen and oxygen atoms in total. The molecule has 3 rings (SSSR count). The molecule has 1 unspecified atom stereocenters. The molecule has 1 aromatic rings. The number of ether oxygens (including phenoxy) is 3. The Morgan fingerprint density at radius 2 is 1.58 bits per heavy atom. The Bertz CT molecular complexity index is 1430. The van der Waals surface area contributed by atoms with Gasteiger partial charge in [-0.15, -0.1) is 0 Å². The van der Waals surface area contributed by atoms with Gasteiger partial charge in [-0.05, 0) is 89.8 Å². The first-order valence-electron chi connectivity index (χ1n) is 15.5. The number of anilines is 1. The van der Waals surface area contributed by atoms with Crippen molar-refractivity contribution in [2.45, 2.75) is 84.4 Å². The monoisotopic (exact) mass is 688 g/mol. The van der Waals surface area contributed by atoms with E-state index in [-0.39, 0.29) is 44.1 Å². The smallest absolute Gasteiger partial charge is 0.413 e. The molecule has 0 bridgehead atoms. The number of amides is 1. The van der Waals surface area contributed by atoms with E-state index in [2.05, 4.69) is 0 Å². The van der Waals surface area contributed by atoms with Gasteiger partial charge in [0.15, 0.2) is 0 Å². The van der Waals surface area contributed by atoms with Gasteiger partial charge in [-0.3, -0.25) is 19.3 Å². The van der Waals surface area contributed by atoms with E-state index in [0.29, 0.717) is 24.4 Å². The summed E-state index contributed by atoms with van der Waals surface area (Å²) in [6.07, 6.45) is -6.50. The molecule has 1 aliphatic heterocycles. The Labute approximate surface area is 276 Å². The number of carbonyl (C=O) groups excluding carboxylic acids is 3. The van der Waals surface area contributed by atoms with Crippen molar-refractivity contribution >= 4 is 23.5 Å². The maximum atomic E-state index is 13.5. The molecule has 0 radical (unpaired) electrons. The first kappa shape index (κ1) is 38.6. The maximum Gasteiger partial charge on any atom is 0.413 e. The molecule has 1 aliphatic carbocycles. The van der Waals surface area contributed by atoms with Crippen molar-refractivity contribution in [1.29, 1.82) is 0 Å². The Morgan fingerprint density at radius 1 is 0.938 bits per heavy atom. The number of esters is 2. The Hall–Kier alpha value is -3.81. The Morgan fingerprint density at radius 3 is 2.19 bits per heavy atom. The van der Waals surface area contributed by atoms with Crippen LogP contribution in [0, 0.1) is 5.92 Å². The van der Waals surface area contributed by atoms with Crippen molar-refractivity contribution in [1.82, 2.24) is 4.90 Å². The van der Waals surface area contributed by atoms with E-state index in [0.717, 1.165) is 23.8 Å². The highest BCUT2D eigenvalue weighted by Gasteiger charge is 2.45. The van der Waals surface area contributed by atoms with Crippen LogP contribution in [-0.2, 0) is 30.3 Å². The number of nitrogens with zero attached hydrogens (tertiary/aromatic N) is 2. The number of hydrogen-bond donors (Lipinski definition) is 0. The Kier molecular flexibility index (Phi) is 12.2. The van der Waals surface area contributed by atoms with E-state index in [4.69, 9.17) is 14.2 Å². The first-order chi connectivity index (χ1) is 22.0. The summed E-state index contributed by atoms with van der Waals surface area (Å²) in [6.45, 7) is 10.3. The van der Waals surface area contributed by atoms with Crippen LogP contribution in [0.15, 0.2) is 53.6 Å². The highest BCUT2D eigenvalue weighted by atomic mass is 19.4. The molecule has 2 aliphatic rings. The average molecular weight is 689 g/mol. The van der Waals surface area contributed by atoms with Gasteiger partial charge >= 0.3 is 24.3 Å². The molecule has 1 amide bonds. The van der Waals surface area contributed by atoms with E-state index in [1.165, 1.54) is 11.0 Å². The number of halogens is 6. The highest BCUT2D eigenvalue weighted by Crippen LogP contribution is 2.42. The van der Waals surface area contributed by atoms with Gasteiger partial charge in [0.2, 0.25) is 5.91 Å². The zero-order valence-electron chi connectivity index (χ0n) is 27.9. The van der Waals surface area contributed by atoms with Gasteiger partial charge in [0, 0.05) is 24.4 Å². The van der Waals surface area contributed by atoms with Crippen LogP contribution in [0.25, 0.3) is 0 Å². The molecular weight excluding hydrogens is 646 g/mol. The summed E-state index contributed by atoms with van der Waals surface area (Å²) in [5.41, 5.74) is -1.63. The summed E-state index contributed by atoms with van der Waals surface area (Å²) in [4.78, 5) is 41.4. The molecule has 0 saturated carbocycles. The van der Waals surface area contributed by atoms with Crippen molar-refractivity contribution in [3.8, 4) is 5.75 Å². The van der Waals surface area contributed by atoms with Gasteiger partial charge in [0.05, 0.1) is 25.4 Å². The Balaban J connectivity index is 1.64.